The van der Waals surface area contributed by atoms with Crippen LogP contribution in [0.5, 0.6) is 0 Å². The van der Waals surface area contributed by atoms with E-state index in [0.717, 1.165) is 0 Å². The lowest BCUT2D eigenvalue weighted by Gasteiger charge is -2.10. The van der Waals surface area contributed by atoms with E-state index in [-0.39, 0.29) is 0 Å². The van der Waals surface area contributed by atoms with Gasteiger partial charge in [0.1, 0.15) is 0 Å². The number of hydrogen-bond donors (Lipinski definition) is 0. The third-order valence-electron chi connectivity index (χ3n) is 4.47. The summed E-state index contributed by atoms with van der Waals surface area (Å²) in [6.07, 6.45) is 3.73. The number of benzene rings is 2. The van der Waals surface area contributed by atoms with Crippen molar-refractivity contribution in [3.8, 4) is 5.69 Å². The molecule has 0 N–H and O–H groups in total. The highest BCUT2D eigenvalue weighted by Gasteiger charge is 2.22. The first-order chi connectivity index (χ1) is 9.74. The lowest BCUT2D eigenvalue weighted by Crippen LogP contribution is -1.98. The van der Waals surface area contributed by atoms with Crippen molar-refractivity contribution in [1.82, 2.24) is 4.57 Å². The summed E-state index contributed by atoms with van der Waals surface area (Å²) in [7, 11) is 0. The summed E-state index contributed by atoms with van der Waals surface area (Å²) < 4.78 is 2.47. The second-order valence-electron chi connectivity index (χ2n) is 5.97. The molecule has 4 rings (SSSR count). The fourth-order valence-corrected chi connectivity index (χ4v) is 3.49. The summed E-state index contributed by atoms with van der Waals surface area (Å²) in [5, 5.41) is 1.46. The summed E-state index contributed by atoms with van der Waals surface area (Å²) in [6.45, 7) is 4.33. The molecule has 0 saturated heterocycles. The fourth-order valence-electron chi connectivity index (χ4n) is 3.49. The van der Waals surface area contributed by atoms with Crippen LogP contribution < -0.4 is 0 Å². The maximum absolute atomic E-state index is 2.47. The van der Waals surface area contributed by atoms with Gasteiger partial charge in [0.25, 0.3) is 0 Å². The highest BCUT2D eigenvalue weighted by Crippen LogP contribution is 2.35. The van der Waals surface area contributed by atoms with Crippen LogP contribution in [0, 0.1) is 13.8 Å². The fraction of sp³-hybridized carbons (Fsp3) is 0.263. The van der Waals surface area contributed by atoms with Crippen LogP contribution >= 0.6 is 0 Å². The number of fused-ring (bicyclic) bond motifs is 3. The molecule has 1 heterocycles. The van der Waals surface area contributed by atoms with E-state index in [1.54, 1.807) is 5.56 Å². The smallest absolute Gasteiger partial charge is 0.0534 e. The van der Waals surface area contributed by atoms with Gasteiger partial charge in [0.05, 0.1) is 5.52 Å². The highest BCUT2D eigenvalue weighted by atomic mass is 15.0. The van der Waals surface area contributed by atoms with Crippen LogP contribution in [0.1, 0.15) is 28.8 Å². The average Bonchev–Trinajstić information content (AvgIpc) is 3.01. The second-order valence-corrected chi connectivity index (χ2v) is 5.97. The van der Waals surface area contributed by atoms with E-state index in [4.69, 9.17) is 0 Å². The van der Waals surface area contributed by atoms with E-state index in [0.29, 0.717) is 0 Å². The molecule has 2 aromatic carbocycles. The molecule has 0 atom stereocenters. The first-order valence-corrected chi connectivity index (χ1v) is 7.44. The standard InChI is InChI=1S/C19H19N/c1-13-6-9-15(10-7-13)20-18-5-3-4-16(18)17-12-14(2)8-11-19(17)20/h6-12H,3-5H2,1-2H3. The van der Waals surface area contributed by atoms with Crippen molar-refractivity contribution in [3.05, 3.63) is 64.8 Å². The van der Waals surface area contributed by atoms with E-state index < -0.39 is 0 Å². The van der Waals surface area contributed by atoms with E-state index in [1.807, 2.05) is 0 Å². The van der Waals surface area contributed by atoms with E-state index in [9.17, 15) is 0 Å². The van der Waals surface area contributed by atoms with Crippen LogP contribution in [0.25, 0.3) is 16.6 Å². The van der Waals surface area contributed by atoms with Crippen LogP contribution in [0.2, 0.25) is 0 Å². The third kappa shape index (κ3) is 1.62. The van der Waals surface area contributed by atoms with Crippen LogP contribution in [0.15, 0.2) is 42.5 Å². The Morgan fingerprint density at radius 3 is 2.40 bits per heavy atom. The lowest BCUT2D eigenvalue weighted by atomic mass is 10.1. The van der Waals surface area contributed by atoms with Gasteiger partial charge in [-0.1, -0.05) is 29.3 Å². The third-order valence-corrected chi connectivity index (χ3v) is 4.47. The van der Waals surface area contributed by atoms with Crippen molar-refractivity contribution >= 4 is 10.9 Å². The molecule has 3 aromatic rings. The summed E-state index contributed by atoms with van der Waals surface area (Å²) in [5.74, 6) is 0. The minimum absolute atomic E-state index is 1.21. The molecular formula is C19H19N. The van der Waals surface area contributed by atoms with Gasteiger partial charge in [0, 0.05) is 16.8 Å². The van der Waals surface area contributed by atoms with E-state index in [1.165, 1.54) is 52.7 Å². The quantitative estimate of drug-likeness (QED) is 0.596. The molecule has 1 heteroatoms. The van der Waals surface area contributed by atoms with Crippen molar-refractivity contribution in [2.75, 3.05) is 0 Å². The van der Waals surface area contributed by atoms with Crippen molar-refractivity contribution in [2.45, 2.75) is 33.1 Å². The Hall–Kier alpha value is -2.02. The predicted octanol–water partition coefficient (Wildman–Crippen LogP) is 4.74. The Bertz CT molecular complexity index is 791. The van der Waals surface area contributed by atoms with Crippen LogP contribution in [0.3, 0.4) is 0 Å². The van der Waals surface area contributed by atoms with Gasteiger partial charge in [-0.3, -0.25) is 0 Å². The van der Waals surface area contributed by atoms with Crippen LogP contribution in [0.4, 0.5) is 0 Å². The van der Waals surface area contributed by atoms with Gasteiger partial charge in [-0.05, 0) is 62.9 Å². The maximum atomic E-state index is 2.47. The van der Waals surface area contributed by atoms with Gasteiger partial charge in [0.15, 0.2) is 0 Å². The predicted molar refractivity (Wildman–Crippen MR) is 84.8 cm³/mol. The van der Waals surface area contributed by atoms with Gasteiger partial charge in [-0.2, -0.15) is 0 Å². The second kappa shape index (κ2) is 4.24. The SMILES string of the molecule is Cc1ccc(-n2c3c(c4cc(C)ccc42)CCC3)cc1. The molecule has 0 unspecified atom stereocenters. The number of rotatable bonds is 1. The molecule has 0 fully saturated rings. The van der Waals surface area contributed by atoms with Crippen molar-refractivity contribution in [1.29, 1.82) is 0 Å². The Morgan fingerprint density at radius 2 is 1.60 bits per heavy atom. The molecule has 1 aromatic heterocycles. The largest absolute Gasteiger partial charge is 0.313 e. The van der Waals surface area contributed by atoms with Crippen molar-refractivity contribution in [2.24, 2.45) is 0 Å². The van der Waals surface area contributed by atoms with E-state index in [2.05, 4.69) is 60.9 Å². The maximum Gasteiger partial charge on any atom is 0.0534 e. The Kier molecular flexibility index (Phi) is 2.50. The molecule has 20 heavy (non-hydrogen) atoms. The first-order valence-electron chi connectivity index (χ1n) is 7.44. The molecule has 1 aliphatic carbocycles. The Labute approximate surface area is 119 Å². The molecule has 0 spiro atoms. The molecule has 0 aliphatic heterocycles. The highest BCUT2D eigenvalue weighted by molar-refractivity contribution is 5.88. The Morgan fingerprint density at radius 1 is 0.850 bits per heavy atom. The molecule has 0 amide bonds. The van der Waals surface area contributed by atoms with Gasteiger partial charge in [-0.15, -0.1) is 0 Å². The molecule has 0 radical (unpaired) electrons. The van der Waals surface area contributed by atoms with Gasteiger partial charge >= 0.3 is 0 Å². The summed E-state index contributed by atoms with van der Waals surface area (Å²) in [5.41, 5.74) is 8.43. The zero-order chi connectivity index (χ0) is 13.7. The van der Waals surface area contributed by atoms with Gasteiger partial charge in [-0.25, -0.2) is 0 Å². The van der Waals surface area contributed by atoms with Gasteiger partial charge in [0.2, 0.25) is 0 Å². The molecule has 0 bridgehead atoms. The first kappa shape index (κ1) is 11.8. The summed E-state index contributed by atoms with van der Waals surface area (Å²) in [4.78, 5) is 0. The minimum atomic E-state index is 1.21. The van der Waals surface area contributed by atoms with Crippen molar-refractivity contribution in [3.63, 3.8) is 0 Å². The topological polar surface area (TPSA) is 4.93 Å². The van der Waals surface area contributed by atoms with Crippen molar-refractivity contribution < 1.29 is 0 Å². The number of aromatic nitrogens is 1. The molecule has 100 valence electrons. The zero-order valence-corrected chi connectivity index (χ0v) is 12.1. The van der Waals surface area contributed by atoms with Crippen LogP contribution in [-0.2, 0) is 12.8 Å². The number of hydrogen-bond acceptors (Lipinski definition) is 0. The monoisotopic (exact) mass is 261 g/mol. The Balaban J connectivity index is 2.06. The average molecular weight is 261 g/mol. The molecular weight excluding hydrogens is 242 g/mol. The summed E-state index contributed by atoms with van der Waals surface area (Å²) >= 11 is 0. The molecule has 1 nitrogen and oxygen atoms in total. The minimum Gasteiger partial charge on any atom is -0.313 e. The summed E-state index contributed by atoms with van der Waals surface area (Å²) in [6, 6.07) is 15.8. The normalized spacial score (nSPS) is 13.9. The molecule has 0 saturated carbocycles. The van der Waals surface area contributed by atoms with Gasteiger partial charge < -0.3 is 4.57 Å². The van der Waals surface area contributed by atoms with Crippen LogP contribution in [-0.4, -0.2) is 4.57 Å². The zero-order valence-electron chi connectivity index (χ0n) is 12.1. The number of aryl methyl sites for hydroxylation is 3. The number of nitrogens with zero attached hydrogens (tertiary/aromatic N) is 1. The van der Waals surface area contributed by atoms with E-state index >= 15 is 0 Å². The lowest BCUT2D eigenvalue weighted by molar-refractivity contribution is 0.874. The molecule has 1 aliphatic rings.